The second-order valence-electron chi connectivity index (χ2n) is 6.14. The minimum atomic E-state index is -0.752. The van der Waals surface area contributed by atoms with E-state index in [2.05, 4.69) is 73.8 Å². The topological polar surface area (TPSA) is 37.3 Å². The Morgan fingerprint density at radius 3 is 2.00 bits per heavy atom. The molecule has 0 spiro atoms. The molecule has 1 rings (SSSR count). The van der Waals surface area contributed by atoms with Crippen LogP contribution < -0.4 is 0 Å². The van der Waals surface area contributed by atoms with Crippen molar-refractivity contribution in [3.8, 4) is 0 Å². The Hall–Kier alpha value is -2.09. The molecule has 1 aliphatic rings. The van der Waals surface area contributed by atoms with Gasteiger partial charge in [0.05, 0.1) is 5.92 Å². The lowest BCUT2D eigenvalue weighted by Gasteiger charge is -2.20. The maximum Gasteiger partial charge on any atom is 0.306 e. The summed E-state index contributed by atoms with van der Waals surface area (Å²) in [5, 5.41) is 9.04. The van der Waals surface area contributed by atoms with Crippen LogP contribution >= 0.6 is 0 Å². The third-order valence-corrected chi connectivity index (χ3v) is 3.92. The smallest absolute Gasteiger partial charge is 0.306 e. The molecule has 1 atom stereocenters. The second kappa shape index (κ2) is 11.4. The van der Waals surface area contributed by atoms with Crippen LogP contribution in [-0.2, 0) is 4.79 Å². The van der Waals surface area contributed by atoms with Gasteiger partial charge < -0.3 is 5.11 Å². The van der Waals surface area contributed by atoms with Gasteiger partial charge >= 0.3 is 5.97 Å². The number of allylic oxidation sites excluding steroid dienone is 12. The van der Waals surface area contributed by atoms with Crippen LogP contribution in [0.5, 0.6) is 0 Å². The fraction of sp³-hybridized carbons (Fsp3) is 0.409. The van der Waals surface area contributed by atoms with Gasteiger partial charge in [-0.3, -0.25) is 4.79 Å². The van der Waals surface area contributed by atoms with Crippen molar-refractivity contribution >= 4 is 5.97 Å². The fourth-order valence-electron chi connectivity index (χ4n) is 2.40. The number of hydrogen-bond acceptors (Lipinski definition) is 1. The molecule has 2 heteroatoms. The quantitative estimate of drug-likeness (QED) is 0.606. The predicted molar refractivity (Wildman–Crippen MR) is 103 cm³/mol. The molecular weight excluding hydrogens is 296 g/mol. The minimum absolute atomic E-state index is 0.283. The van der Waals surface area contributed by atoms with Crippen molar-refractivity contribution in [3.63, 3.8) is 0 Å². The Morgan fingerprint density at radius 1 is 1.00 bits per heavy atom. The van der Waals surface area contributed by atoms with E-state index in [-0.39, 0.29) is 11.3 Å². The standard InChI is InChI=1S/C22H30O2/c1-3-4-16-22(19-14-15-20(2)21(23)24)17-12-10-8-6-5-7-9-11-13-18-22/h4,6-9,12-14,16-20H,3,5,10-11,15H2,1-2H3,(H,23,24)/b8-6-,9-7-,16-4-,17-12-,18-13-,19-14-. The van der Waals surface area contributed by atoms with Gasteiger partial charge in [-0.15, -0.1) is 0 Å². The average Bonchev–Trinajstić information content (AvgIpc) is 2.55. The monoisotopic (exact) mass is 326 g/mol. The first-order chi connectivity index (χ1) is 11.6. The first kappa shape index (κ1) is 20.0. The van der Waals surface area contributed by atoms with Crippen LogP contribution in [0.25, 0.3) is 0 Å². The van der Waals surface area contributed by atoms with Crippen LogP contribution in [0.1, 0.15) is 46.0 Å². The summed E-state index contributed by atoms with van der Waals surface area (Å²) in [6, 6.07) is 0. The van der Waals surface area contributed by atoms with E-state index in [9.17, 15) is 4.79 Å². The van der Waals surface area contributed by atoms with Crippen molar-refractivity contribution in [3.05, 3.63) is 72.9 Å². The van der Waals surface area contributed by atoms with Crippen molar-refractivity contribution < 1.29 is 9.90 Å². The molecule has 1 N–H and O–H groups in total. The van der Waals surface area contributed by atoms with E-state index >= 15 is 0 Å². The van der Waals surface area contributed by atoms with E-state index in [0.717, 1.165) is 25.7 Å². The highest BCUT2D eigenvalue weighted by Crippen LogP contribution is 2.28. The lowest BCUT2D eigenvalue weighted by Crippen LogP contribution is -2.10. The molecule has 0 radical (unpaired) electrons. The molecule has 130 valence electrons. The van der Waals surface area contributed by atoms with Crippen LogP contribution in [0.2, 0.25) is 0 Å². The van der Waals surface area contributed by atoms with Crippen molar-refractivity contribution in [2.24, 2.45) is 11.3 Å². The van der Waals surface area contributed by atoms with Gasteiger partial charge in [-0.2, -0.15) is 0 Å². The summed E-state index contributed by atoms with van der Waals surface area (Å²) >= 11 is 0. The van der Waals surface area contributed by atoms with Gasteiger partial charge in [0.15, 0.2) is 0 Å². The molecule has 1 unspecified atom stereocenters. The summed E-state index contributed by atoms with van der Waals surface area (Å²) in [6.07, 6.45) is 30.2. The largest absolute Gasteiger partial charge is 0.481 e. The highest BCUT2D eigenvalue weighted by atomic mass is 16.4. The number of rotatable bonds is 6. The zero-order chi connectivity index (χ0) is 17.7. The molecule has 1 aliphatic carbocycles. The summed E-state index contributed by atoms with van der Waals surface area (Å²) in [7, 11) is 0. The van der Waals surface area contributed by atoms with E-state index in [0.29, 0.717) is 6.42 Å². The number of carbonyl (C=O) groups is 1. The van der Waals surface area contributed by atoms with E-state index in [1.165, 1.54) is 0 Å². The summed E-state index contributed by atoms with van der Waals surface area (Å²) in [6.45, 7) is 3.86. The molecule has 0 bridgehead atoms. The summed E-state index contributed by atoms with van der Waals surface area (Å²) < 4.78 is 0. The zero-order valence-electron chi connectivity index (χ0n) is 14.9. The fourth-order valence-corrected chi connectivity index (χ4v) is 2.40. The molecule has 24 heavy (non-hydrogen) atoms. The molecule has 0 fully saturated rings. The number of carboxylic acid groups (broad SMARTS) is 1. The maximum atomic E-state index is 11.0. The minimum Gasteiger partial charge on any atom is -0.481 e. The van der Waals surface area contributed by atoms with Crippen LogP contribution in [0.3, 0.4) is 0 Å². The van der Waals surface area contributed by atoms with Crippen LogP contribution in [0, 0.1) is 11.3 Å². The molecule has 0 aliphatic heterocycles. The lowest BCUT2D eigenvalue weighted by atomic mass is 9.84. The first-order valence-electron chi connectivity index (χ1n) is 8.83. The van der Waals surface area contributed by atoms with Gasteiger partial charge in [-0.25, -0.2) is 0 Å². The van der Waals surface area contributed by atoms with Crippen LogP contribution in [-0.4, -0.2) is 11.1 Å². The zero-order valence-corrected chi connectivity index (χ0v) is 14.9. The van der Waals surface area contributed by atoms with Gasteiger partial charge in [-0.1, -0.05) is 86.8 Å². The third kappa shape index (κ3) is 7.96. The van der Waals surface area contributed by atoms with Crippen LogP contribution in [0.4, 0.5) is 0 Å². The highest BCUT2D eigenvalue weighted by Gasteiger charge is 2.16. The molecule has 0 amide bonds. The molecule has 0 aromatic rings. The van der Waals surface area contributed by atoms with E-state index < -0.39 is 5.97 Å². The van der Waals surface area contributed by atoms with Gasteiger partial charge in [0.1, 0.15) is 0 Å². The molecule has 0 saturated heterocycles. The summed E-state index contributed by atoms with van der Waals surface area (Å²) in [5.41, 5.74) is -0.283. The van der Waals surface area contributed by atoms with E-state index in [1.807, 2.05) is 6.08 Å². The Morgan fingerprint density at radius 2 is 1.50 bits per heavy atom. The number of carboxylic acids is 1. The van der Waals surface area contributed by atoms with E-state index in [4.69, 9.17) is 5.11 Å². The summed E-state index contributed by atoms with van der Waals surface area (Å²) in [4.78, 5) is 11.0. The Bertz CT molecular complexity index is 520. The molecular formula is C22H30O2. The van der Waals surface area contributed by atoms with Gasteiger partial charge in [0, 0.05) is 5.41 Å². The third-order valence-electron chi connectivity index (χ3n) is 3.92. The molecule has 2 nitrogen and oxygen atoms in total. The molecule has 0 saturated carbocycles. The van der Waals surface area contributed by atoms with Crippen molar-refractivity contribution in [2.75, 3.05) is 0 Å². The molecule has 0 aromatic carbocycles. The Kier molecular flexibility index (Phi) is 9.52. The first-order valence-corrected chi connectivity index (χ1v) is 8.83. The number of hydrogen-bond donors (Lipinski definition) is 1. The van der Waals surface area contributed by atoms with Gasteiger partial charge in [0.25, 0.3) is 0 Å². The maximum absolute atomic E-state index is 11.0. The average molecular weight is 326 g/mol. The van der Waals surface area contributed by atoms with Crippen molar-refractivity contribution in [1.29, 1.82) is 0 Å². The van der Waals surface area contributed by atoms with Crippen molar-refractivity contribution in [2.45, 2.75) is 46.0 Å². The van der Waals surface area contributed by atoms with Gasteiger partial charge in [-0.05, 0) is 32.1 Å². The lowest BCUT2D eigenvalue weighted by molar-refractivity contribution is -0.140. The van der Waals surface area contributed by atoms with Crippen LogP contribution in [0.15, 0.2) is 72.9 Å². The predicted octanol–water partition coefficient (Wildman–Crippen LogP) is 6.01. The number of aliphatic carboxylic acids is 1. The SMILES string of the molecule is CC/C=C\C1(/C=C\CC(C)C(=O)O)/C=C\C/C=C\C/C=C\C/C=C\1. The molecule has 0 heterocycles. The summed E-state index contributed by atoms with van der Waals surface area (Å²) in [5.74, 6) is -1.11. The molecule has 0 aromatic heterocycles. The van der Waals surface area contributed by atoms with Crippen molar-refractivity contribution in [1.82, 2.24) is 0 Å². The normalized spacial score (nSPS) is 24.8. The Balaban J connectivity index is 3.04. The Labute approximate surface area is 146 Å². The van der Waals surface area contributed by atoms with E-state index in [1.54, 1.807) is 6.92 Å². The van der Waals surface area contributed by atoms with Gasteiger partial charge in [0.2, 0.25) is 0 Å². The second-order valence-corrected chi connectivity index (χ2v) is 6.14. The highest BCUT2D eigenvalue weighted by molar-refractivity contribution is 5.69.